The number of fused-ring (bicyclic) bond motifs is 1. The lowest BCUT2D eigenvalue weighted by molar-refractivity contribution is -0.118. The van der Waals surface area contributed by atoms with E-state index in [-0.39, 0.29) is 12.5 Å². The van der Waals surface area contributed by atoms with Gasteiger partial charge in [0.2, 0.25) is 0 Å². The first kappa shape index (κ1) is 23.2. The van der Waals surface area contributed by atoms with Crippen molar-refractivity contribution >= 4 is 23.2 Å². The summed E-state index contributed by atoms with van der Waals surface area (Å²) in [6.45, 7) is 4.94. The molecular formula is C27H29N5O2. The van der Waals surface area contributed by atoms with Crippen LogP contribution in [0.1, 0.15) is 61.8 Å². The molecule has 0 atom stereocenters. The predicted molar refractivity (Wildman–Crippen MR) is 132 cm³/mol. The number of benzene rings is 2. The smallest absolute Gasteiger partial charge is 0.262 e. The van der Waals surface area contributed by atoms with Crippen LogP contribution in [0.2, 0.25) is 0 Å². The van der Waals surface area contributed by atoms with Gasteiger partial charge in [-0.15, -0.1) is 10.2 Å². The number of nitrogens with one attached hydrogen (secondary N) is 1. The minimum Gasteiger partial charge on any atom is -0.484 e. The minimum atomic E-state index is -0.212. The molecule has 7 heteroatoms. The van der Waals surface area contributed by atoms with E-state index in [0.717, 1.165) is 54.9 Å². The summed E-state index contributed by atoms with van der Waals surface area (Å²) in [6, 6.07) is 17.4. The fraction of sp³-hybridized carbons (Fsp3) is 0.333. The van der Waals surface area contributed by atoms with Crippen molar-refractivity contribution in [3.63, 3.8) is 0 Å². The summed E-state index contributed by atoms with van der Waals surface area (Å²) in [7, 11) is 0. The summed E-state index contributed by atoms with van der Waals surface area (Å²) in [5.41, 5.74) is 3.23. The summed E-state index contributed by atoms with van der Waals surface area (Å²) >= 11 is 0. The van der Waals surface area contributed by atoms with Crippen LogP contribution in [0.3, 0.4) is 0 Å². The molecule has 0 aliphatic carbocycles. The van der Waals surface area contributed by atoms with Gasteiger partial charge in [0.15, 0.2) is 12.4 Å². The van der Waals surface area contributed by atoms with Crippen LogP contribution >= 0.6 is 0 Å². The number of para-hydroxylation sites is 1. The highest BCUT2D eigenvalue weighted by molar-refractivity contribution is 5.92. The number of allylic oxidation sites excluding steroid dienone is 1. The van der Waals surface area contributed by atoms with Crippen LogP contribution in [0.4, 0.5) is 5.69 Å². The maximum absolute atomic E-state index is 12.4. The average molecular weight is 456 g/mol. The van der Waals surface area contributed by atoms with Crippen LogP contribution in [0, 0.1) is 11.3 Å². The van der Waals surface area contributed by atoms with E-state index in [1.807, 2.05) is 42.5 Å². The maximum Gasteiger partial charge on any atom is 0.262 e. The lowest BCUT2D eigenvalue weighted by atomic mass is 10.0. The van der Waals surface area contributed by atoms with Crippen molar-refractivity contribution in [3.05, 3.63) is 71.3 Å². The van der Waals surface area contributed by atoms with E-state index in [4.69, 9.17) is 4.74 Å². The van der Waals surface area contributed by atoms with Crippen molar-refractivity contribution in [2.24, 2.45) is 0 Å². The monoisotopic (exact) mass is 455 g/mol. The molecule has 1 aromatic heterocycles. The Kier molecular flexibility index (Phi) is 7.38. The molecule has 0 bridgehead atoms. The Hall–Kier alpha value is -3.92. The molecule has 2 heterocycles. The Balaban J connectivity index is 1.40. The molecule has 0 spiro atoms. The summed E-state index contributed by atoms with van der Waals surface area (Å²) < 4.78 is 7.73. The first-order valence-electron chi connectivity index (χ1n) is 11.7. The molecule has 34 heavy (non-hydrogen) atoms. The van der Waals surface area contributed by atoms with Crippen molar-refractivity contribution in [2.45, 2.75) is 52.0 Å². The van der Waals surface area contributed by atoms with E-state index < -0.39 is 0 Å². The molecule has 7 nitrogen and oxygen atoms in total. The number of anilines is 1. The van der Waals surface area contributed by atoms with Crippen LogP contribution in [0.15, 0.2) is 48.5 Å². The van der Waals surface area contributed by atoms with Gasteiger partial charge in [-0.2, -0.15) is 5.26 Å². The zero-order valence-electron chi connectivity index (χ0n) is 19.6. The quantitative estimate of drug-likeness (QED) is 0.494. The fourth-order valence-corrected chi connectivity index (χ4v) is 4.11. The number of ether oxygens (including phenoxy) is 1. The van der Waals surface area contributed by atoms with Crippen molar-refractivity contribution in [1.29, 1.82) is 5.26 Å². The van der Waals surface area contributed by atoms with Gasteiger partial charge in [0, 0.05) is 18.7 Å². The minimum absolute atomic E-state index is 0.0864. The molecule has 4 rings (SSSR count). The van der Waals surface area contributed by atoms with Gasteiger partial charge >= 0.3 is 0 Å². The Labute approximate surface area is 200 Å². The zero-order valence-corrected chi connectivity index (χ0v) is 19.6. The molecular weight excluding hydrogens is 426 g/mol. The van der Waals surface area contributed by atoms with Gasteiger partial charge in [-0.3, -0.25) is 4.79 Å². The molecule has 0 saturated carbocycles. The molecule has 0 radical (unpaired) electrons. The first-order chi connectivity index (χ1) is 16.5. The number of nitrogens with zero attached hydrogens (tertiary/aromatic N) is 4. The Bertz CT molecular complexity index is 1220. The van der Waals surface area contributed by atoms with Crippen molar-refractivity contribution in [3.8, 4) is 11.8 Å². The van der Waals surface area contributed by atoms with Gasteiger partial charge in [0.05, 0.1) is 5.57 Å². The third-order valence-electron chi connectivity index (χ3n) is 5.89. The molecule has 0 unspecified atom stereocenters. The second-order valence-electron chi connectivity index (χ2n) is 8.72. The number of nitriles is 1. The van der Waals surface area contributed by atoms with Gasteiger partial charge in [0.25, 0.3) is 5.91 Å². The lowest BCUT2D eigenvalue weighted by Crippen LogP contribution is -2.21. The number of carbonyl (C=O) groups excluding carboxylic acids is 1. The Morgan fingerprint density at radius 1 is 1.15 bits per heavy atom. The van der Waals surface area contributed by atoms with Gasteiger partial charge in [-0.05, 0) is 54.2 Å². The Morgan fingerprint density at radius 3 is 2.71 bits per heavy atom. The third kappa shape index (κ3) is 5.52. The number of hydrogen-bond donors (Lipinski definition) is 1. The first-order valence-corrected chi connectivity index (χ1v) is 11.7. The molecule has 1 aliphatic rings. The van der Waals surface area contributed by atoms with Gasteiger partial charge in [-0.25, -0.2) is 0 Å². The highest BCUT2D eigenvalue weighted by Crippen LogP contribution is 2.24. The largest absolute Gasteiger partial charge is 0.484 e. The molecule has 0 fully saturated rings. The topological polar surface area (TPSA) is 92.8 Å². The van der Waals surface area contributed by atoms with Crippen LogP contribution in [-0.2, 0) is 17.8 Å². The standard InChI is InChI=1S/C27H29N5O2/c1-19(2)23-8-5-6-9-24(23)29-26(33)18-34-22-13-11-20(12-14-22)16-21(17-28)27-31-30-25-10-4-3-7-15-32(25)27/h5-6,8-9,11-14,16,19H,3-4,7,10,15,18H2,1-2H3,(H,29,33)/b21-16+. The number of aryl methyl sites for hydroxylation is 1. The molecule has 1 aliphatic heterocycles. The second kappa shape index (κ2) is 10.8. The van der Waals surface area contributed by atoms with Gasteiger partial charge in [0.1, 0.15) is 17.6 Å². The van der Waals surface area contributed by atoms with Gasteiger partial charge in [-0.1, -0.05) is 50.6 Å². The lowest BCUT2D eigenvalue weighted by Gasteiger charge is -2.14. The Morgan fingerprint density at radius 2 is 1.94 bits per heavy atom. The van der Waals surface area contributed by atoms with E-state index in [9.17, 15) is 10.1 Å². The molecule has 0 saturated heterocycles. The molecule has 174 valence electrons. The normalized spacial score (nSPS) is 13.6. The van der Waals surface area contributed by atoms with Crippen LogP contribution in [0.25, 0.3) is 11.6 Å². The molecule has 1 N–H and O–H groups in total. The fourth-order valence-electron chi connectivity index (χ4n) is 4.11. The number of aromatic nitrogens is 3. The van der Waals surface area contributed by atoms with E-state index >= 15 is 0 Å². The zero-order chi connectivity index (χ0) is 23.9. The summed E-state index contributed by atoms with van der Waals surface area (Å²) in [5, 5.41) is 21.2. The molecule has 3 aromatic rings. The van der Waals surface area contributed by atoms with Crippen molar-refractivity contribution < 1.29 is 9.53 Å². The maximum atomic E-state index is 12.4. The second-order valence-corrected chi connectivity index (χ2v) is 8.72. The number of amides is 1. The highest BCUT2D eigenvalue weighted by Gasteiger charge is 2.17. The predicted octanol–water partition coefficient (Wildman–Crippen LogP) is 5.21. The average Bonchev–Trinajstić information content (AvgIpc) is 3.09. The highest BCUT2D eigenvalue weighted by atomic mass is 16.5. The van der Waals surface area contributed by atoms with Crippen LogP contribution in [-0.4, -0.2) is 27.3 Å². The van der Waals surface area contributed by atoms with Crippen LogP contribution < -0.4 is 10.1 Å². The SMILES string of the molecule is CC(C)c1ccccc1NC(=O)COc1ccc(/C=C(\C#N)c2nnc3n2CCCCC3)cc1. The van der Waals surface area contributed by atoms with Crippen LogP contribution in [0.5, 0.6) is 5.75 Å². The number of carbonyl (C=O) groups is 1. The summed E-state index contributed by atoms with van der Waals surface area (Å²) in [5.74, 6) is 2.25. The number of rotatable bonds is 7. The summed E-state index contributed by atoms with van der Waals surface area (Å²) in [4.78, 5) is 12.4. The van der Waals surface area contributed by atoms with Gasteiger partial charge < -0.3 is 14.6 Å². The third-order valence-corrected chi connectivity index (χ3v) is 5.89. The van der Waals surface area contributed by atoms with Crippen molar-refractivity contribution in [1.82, 2.24) is 14.8 Å². The van der Waals surface area contributed by atoms with Crippen molar-refractivity contribution in [2.75, 3.05) is 11.9 Å². The number of hydrogen-bond acceptors (Lipinski definition) is 5. The molecule has 1 amide bonds. The summed E-state index contributed by atoms with van der Waals surface area (Å²) in [6.07, 6.45) is 6.04. The van der Waals surface area contributed by atoms with E-state index in [1.165, 1.54) is 0 Å². The molecule has 2 aromatic carbocycles. The van der Waals surface area contributed by atoms with E-state index in [2.05, 4.69) is 40.0 Å². The van der Waals surface area contributed by atoms with E-state index in [1.54, 1.807) is 12.1 Å². The van der Waals surface area contributed by atoms with E-state index in [0.29, 0.717) is 23.1 Å².